The molecule has 2 saturated heterocycles. The molecule has 2 amide bonds. The van der Waals surface area contributed by atoms with E-state index in [1.165, 1.54) is 0 Å². The first-order chi connectivity index (χ1) is 20.3. The van der Waals surface area contributed by atoms with E-state index in [4.69, 9.17) is 25.5 Å². The van der Waals surface area contributed by atoms with E-state index in [2.05, 4.69) is 35.4 Å². The zero-order chi connectivity index (χ0) is 29.4. The zero-order valence-corrected chi connectivity index (χ0v) is 25.2. The lowest BCUT2D eigenvalue weighted by molar-refractivity contribution is -0.127. The van der Waals surface area contributed by atoms with Gasteiger partial charge in [-0.2, -0.15) is 10.1 Å². The van der Waals surface area contributed by atoms with Crippen molar-refractivity contribution in [1.82, 2.24) is 34.9 Å². The molecular weight excluding hydrogens is 534 g/mol. The largest absolute Gasteiger partial charge is 0.381 e. The van der Waals surface area contributed by atoms with Crippen molar-refractivity contribution in [2.24, 2.45) is 28.5 Å². The van der Waals surface area contributed by atoms with Gasteiger partial charge in [0, 0.05) is 56.5 Å². The summed E-state index contributed by atoms with van der Waals surface area (Å²) in [6, 6.07) is 0. The van der Waals surface area contributed by atoms with Crippen LogP contribution in [0.1, 0.15) is 88.7 Å². The number of piperidine rings is 1. The van der Waals surface area contributed by atoms with Gasteiger partial charge in [0.05, 0.1) is 23.3 Å². The molecule has 2 atom stereocenters. The van der Waals surface area contributed by atoms with Gasteiger partial charge in [-0.3, -0.25) is 14.6 Å². The first kappa shape index (κ1) is 29.0. The summed E-state index contributed by atoms with van der Waals surface area (Å²) in [5.74, 6) is 1.77. The molecule has 42 heavy (non-hydrogen) atoms. The van der Waals surface area contributed by atoms with Crippen molar-refractivity contribution in [3.63, 3.8) is 0 Å². The van der Waals surface area contributed by atoms with Gasteiger partial charge in [0.25, 0.3) is 11.7 Å². The number of hydrogen-bond acceptors (Lipinski definition) is 9. The lowest BCUT2D eigenvalue weighted by atomic mass is 9.69. The number of likely N-dealkylation sites (N-methyl/N-ethyl adjacent to an activating group) is 1. The number of fused-ring (bicyclic) bond motifs is 1. The molecule has 2 aromatic rings. The molecule has 0 spiro atoms. The first-order valence-corrected chi connectivity index (χ1v) is 15.7. The van der Waals surface area contributed by atoms with Crippen molar-refractivity contribution >= 4 is 23.4 Å². The number of amidine groups is 1. The number of aromatic nitrogens is 4. The second-order valence-electron chi connectivity index (χ2n) is 13.0. The molecule has 3 aliphatic heterocycles. The Morgan fingerprint density at radius 2 is 1.90 bits per heavy atom. The molecule has 3 N–H and O–H groups in total. The molecule has 4 aliphatic rings. The quantitative estimate of drug-likeness (QED) is 0.484. The van der Waals surface area contributed by atoms with Gasteiger partial charge in [0.1, 0.15) is 6.67 Å². The number of imidazole rings is 1. The van der Waals surface area contributed by atoms with Gasteiger partial charge >= 0.3 is 0 Å². The van der Waals surface area contributed by atoms with Crippen LogP contribution in [0.25, 0.3) is 5.78 Å². The number of aliphatic imine (C=N–C) groups is 1. The number of carbonyl (C=O) groups excluding carboxylic acids is 2. The molecule has 3 fully saturated rings. The standard InChI is InChI=1S/C30H45N9O3/c1-4-39-27(26(31)40)33-18-37(39)17-30(9-5-19(2)6-10-30)24-16-38-29(34-24)35-25(21-7-11-42-12-8-21)23(36-38)14-22-13-20(3)15-32-28(22)41/h16,19-22H,4-15,17-18H2,1-3H3,(H2,31,40)(H,32,41)/t19?,20-,22+,30?/m0/s1. The molecule has 12 nitrogen and oxygen atoms in total. The van der Waals surface area contributed by atoms with E-state index < -0.39 is 5.91 Å². The Bertz CT molecular complexity index is 1340. The Morgan fingerprint density at radius 3 is 2.62 bits per heavy atom. The molecule has 228 valence electrons. The molecule has 6 rings (SSSR count). The normalized spacial score (nSPS) is 29.6. The average Bonchev–Trinajstić information content (AvgIpc) is 3.60. The highest BCUT2D eigenvalue weighted by atomic mass is 16.5. The first-order valence-electron chi connectivity index (χ1n) is 15.7. The zero-order valence-electron chi connectivity index (χ0n) is 25.2. The number of nitrogens with two attached hydrogens (primary N) is 1. The van der Waals surface area contributed by atoms with Gasteiger partial charge in [-0.1, -0.05) is 13.8 Å². The molecule has 0 aromatic carbocycles. The summed E-state index contributed by atoms with van der Waals surface area (Å²) in [5.41, 5.74) is 8.27. The minimum Gasteiger partial charge on any atom is -0.381 e. The van der Waals surface area contributed by atoms with Crippen LogP contribution in [0.15, 0.2) is 11.2 Å². The number of nitrogens with zero attached hydrogens (tertiary/aromatic N) is 7. The fourth-order valence-electron chi connectivity index (χ4n) is 7.36. The summed E-state index contributed by atoms with van der Waals surface area (Å²) < 4.78 is 7.50. The number of hydrogen-bond donors (Lipinski definition) is 2. The number of amides is 2. The van der Waals surface area contributed by atoms with E-state index in [9.17, 15) is 9.59 Å². The SMILES string of the molecule is CCN1C(C(N)=O)=NCN1CC1(c2cn3nc(C[C@H]4C[C@H](C)CNC4=O)c(C4CCOCC4)nc3n2)CCC(C)CC1. The summed E-state index contributed by atoms with van der Waals surface area (Å²) in [6.45, 7) is 10.4. The van der Waals surface area contributed by atoms with Crippen LogP contribution >= 0.6 is 0 Å². The van der Waals surface area contributed by atoms with Crippen molar-refractivity contribution in [1.29, 1.82) is 0 Å². The van der Waals surface area contributed by atoms with E-state index in [-0.39, 0.29) is 23.2 Å². The molecule has 5 heterocycles. The van der Waals surface area contributed by atoms with Gasteiger partial charge in [-0.25, -0.2) is 19.5 Å². The van der Waals surface area contributed by atoms with E-state index in [0.29, 0.717) is 62.8 Å². The molecule has 1 saturated carbocycles. The second-order valence-corrected chi connectivity index (χ2v) is 13.0. The van der Waals surface area contributed by atoms with E-state index in [1.807, 2.05) is 16.4 Å². The van der Waals surface area contributed by atoms with Crippen LogP contribution in [0.4, 0.5) is 0 Å². The van der Waals surface area contributed by atoms with Gasteiger partial charge < -0.3 is 15.8 Å². The number of nitrogens with one attached hydrogen (secondary N) is 1. The third kappa shape index (κ3) is 5.62. The second kappa shape index (κ2) is 11.9. The van der Waals surface area contributed by atoms with E-state index in [0.717, 1.165) is 68.6 Å². The molecule has 0 radical (unpaired) electrons. The number of carbonyl (C=O) groups is 2. The van der Waals surface area contributed by atoms with Crippen molar-refractivity contribution in [2.75, 3.05) is 39.5 Å². The Kier molecular flexibility index (Phi) is 8.19. The number of hydrazine groups is 1. The van der Waals surface area contributed by atoms with Crippen molar-refractivity contribution < 1.29 is 14.3 Å². The minimum atomic E-state index is -0.499. The Labute approximate surface area is 247 Å². The van der Waals surface area contributed by atoms with E-state index in [1.54, 1.807) is 0 Å². The van der Waals surface area contributed by atoms with Crippen LogP contribution in [0.5, 0.6) is 0 Å². The van der Waals surface area contributed by atoms with Crippen LogP contribution in [0, 0.1) is 17.8 Å². The molecule has 2 aromatic heterocycles. The van der Waals surface area contributed by atoms with Gasteiger partial charge in [-0.15, -0.1) is 0 Å². The predicted octanol–water partition coefficient (Wildman–Crippen LogP) is 2.17. The maximum atomic E-state index is 12.8. The highest BCUT2D eigenvalue weighted by Gasteiger charge is 2.43. The number of primary amides is 1. The van der Waals surface area contributed by atoms with Crippen LogP contribution in [-0.4, -0.2) is 86.8 Å². The summed E-state index contributed by atoms with van der Waals surface area (Å²) in [6.07, 6.45) is 9.45. The van der Waals surface area contributed by atoms with Crippen LogP contribution in [0.2, 0.25) is 0 Å². The van der Waals surface area contributed by atoms with Gasteiger partial charge in [0.15, 0.2) is 0 Å². The van der Waals surface area contributed by atoms with Gasteiger partial charge in [0.2, 0.25) is 11.7 Å². The highest BCUT2D eigenvalue weighted by Crippen LogP contribution is 2.42. The fraction of sp³-hybridized carbons (Fsp3) is 0.733. The lowest BCUT2D eigenvalue weighted by Crippen LogP contribution is -2.52. The highest BCUT2D eigenvalue weighted by molar-refractivity contribution is 6.37. The average molecular weight is 580 g/mol. The van der Waals surface area contributed by atoms with E-state index >= 15 is 0 Å². The topological polar surface area (TPSA) is 143 Å². The third-order valence-electron chi connectivity index (χ3n) is 9.89. The third-order valence-corrected chi connectivity index (χ3v) is 9.89. The molecule has 12 heteroatoms. The molecule has 1 aliphatic carbocycles. The summed E-state index contributed by atoms with van der Waals surface area (Å²) in [4.78, 5) is 39.6. The predicted molar refractivity (Wildman–Crippen MR) is 157 cm³/mol. The lowest BCUT2D eigenvalue weighted by Gasteiger charge is -2.42. The number of ether oxygens (including phenoxy) is 1. The molecular formula is C30H45N9O3. The number of rotatable bonds is 8. The van der Waals surface area contributed by atoms with Crippen molar-refractivity contribution in [2.45, 2.75) is 83.5 Å². The Balaban J connectivity index is 1.36. The molecule has 0 bridgehead atoms. The summed E-state index contributed by atoms with van der Waals surface area (Å²) in [7, 11) is 0. The van der Waals surface area contributed by atoms with Crippen LogP contribution in [-0.2, 0) is 26.2 Å². The minimum absolute atomic E-state index is 0.108. The maximum Gasteiger partial charge on any atom is 0.285 e. The fourth-order valence-corrected chi connectivity index (χ4v) is 7.36. The van der Waals surface area contributed by atoms with Crippen LogP contribution < -0.4 is 11.1 Å². The van der Waals surface area contributed by atoms with Crippen LogP contribution in [0.3, 0.4) is 0 Å². The monoisotopic (exact) mass is 579 g/mol. The van der Waals surface area contributed by atoms with Gasteiger partial charge in [-0.05, 0) is 63.7 Å². The maximum absolute atomic E-state index is 12.8. The van der Waals surface area contributed by atoms with Crippen molar-refractivity contribution in [3.05, 3.63) is 23.3 Å². The Morgan fingerprint density at radius 1 is 1.14 bits per heavy atom. The summed E-state index contributed by atoms with van der Waals surface area (Å²) >= 11 is 0. The van der Waals surface area contributed by atoms with Crippen molar-refractivity contribution in [3.8, 4) is 0 Å². The Hall–Kier alpha value is -3.12. The molecule has 0 unspecified atom stereocenters. The smallest absolute Gasteiger partial charge is 0.285 e. The summed E-state index contributed by atoms with van der Waals surface area (Å²) in [5, 5.41) is 12.3.